The number of anilines is 2. The Morgan fingerprint density at radius 3 is 2.72 bits per heavy atom. The largest absolute Gasteiger partial charge is 0.376 e. The van der Waals surface area contributed by atoms with Gasteiger partial charge in [-0.15, -0.1) is 0 Å². The van der Waals surface area contributed by atoms with Gasteiger partial charge in [0.1, 0.15) is 18.1 Å². The summed E-state index contributed by atoms with van der Waals surface area (Å²) < 4.78 is 23.9. The van der Waals surface area contributed by atoms with Crippen LogP contribution in [0.25, 0.3) is 0 Å². The Bertz CT molecular complexity index is 977. The van der Waals surface area contributed by atoms with E-state index in [-0.39, 0.29) is 42.0 Å². The Labute approximate surface area is 189 Å². The zero-order chi connectivity index (χ0) is 23.1. The maximum atomic E-state index is 13.6. The number of aryl methyl sites for hydroxylation is 1. The lowest BCUT2D eigenvalue weighted by molar-refractivity contribution is -0.125. The fourth-order valence-electron chi connectivity index (χ4n) is 3.19. The van der Waals surface area contributed by atoms with Gasteiger partial charge in [0.25, 0.3) is 0 Å². The molecule has 1 aliphatic rings. The van der Waals surface area contributed by atoms with Gasteiger partial charge in [0, 0.05) is 37.7 Å². The molecule has 1 aromatic heterocycles. The Morgan fingerprint density at radius 1 is 1.25 bits per heavy atom. The molecule has 0 radical (unpaired) electrons. The van der Waals surface area contributed by atoms with Crippen LogP contribution < -0.4 is 15.5 Å². The van der Waals surface area contributed by atoms with Gasteiger partial charge in [-0.2, -0.15) is 0 Å². The number of nitrogens with one attached hydrogen (secondary N) is 2. The van der Waals surface area contributed by atoms with Crippen molar-refractivity contribution < 1.29 is 28.0 Å². The van der Waals surface area contributed by atoms with E-state index in [0.717, 1.165) is 18.9 Å². The first-order valence-electron chi connectivity index (χ1n) is 10.2. The third-order valence-electron chi connectivity index (χ3n) is 4.83. The Morgan fingerprint density at radius 2 is 2.06 bits per heavy atom. The highest BCUT2D eigenvalue weighted by atomic mass is 35.5. The van der Waals surface area contributed by atoms with Crippen molar-refractivity contribution in [3.8, 4) is 0 Å². The van der Waals surface area contributed by atoms with Crippen molar-refractivity contribution in [2.75, 3.05) is 29.9 Å². The number of aromatic nitrogens is 1. The molecule has 2 aromatic rings. The molecule has 0 spiro atoms. The third-order valence-corrected chi connectivity index (χ3v) is 5.12. The van der Waals surface area contributed by atoms with Gasteiger partial charge in [0.2, 0.25) is 17.7 Å². The summed E-state index contributed by atoms with van der Waals surface area (Å²) in [6, 6.07) is 5.28. The van der Waals surface area contributed by atoms with E-state index in [1.54, 1.807) is 13.0 Å². The second-order valence-electron chi connectivity index (χ2n) is 7.39. The van der Waals surface area contributed by atoms with Crippen LogP contribution in [0, 0.1) is 12.7 Å². The number of nitrogens with zero attached hydrogens (tertiary/aromatic N) is 2. The van der Waals surface area contributed by atoms with Crippen molar-refractivity contribution in [2.24, 2.45) is 0 Å². The number of hydrogen-bond donors (Lipinski definition) is 2. The van der Waals surface area contributed by atoms with E-state index in [4.69, 9.17) is 20.9 Å². The maximum Gasteiger partial charge on any atom is 0.240 e. The van der Waals surface area contributed by atoms with Crippen LogP contribution in [0.15, 0.2) is 28.8 Å². The molecule has 1 fully saturated rings. The predicted molar refractivity (Wildman–Crippen MR) is 115 cm³/mol. The van der Waals surface area contributed by atoms with Crippen LogP contribution in [-0.2, 0) is 19.1 Å². The van der Waals surface area contributed by atoms with Crippen LogP contribution in [0.5, 0.6) is 0 Å². The van der Waals surface area contributed by atoms with Gasteiger partial charge >= 0.3 is 0 Å². The molecular formula is C21H24ClFN4O5. The number of ether oxygens (including phenoxy) is 1. The summed E-state index contributed by atoms with van der Waals surface area (Å²) in [5.41, 5.74) is 0.251. The molecule has 0 aliphatic carbocycles. The van der Waals surface area contributed by atoms with E-state index >= 15 is 0 Å². The first-order chi connectivity index (χ1) is 15.3. The molecule has 0 bridgehead atoms. The van der Waals surface area contributed by atoms with Gasteiger partial charge in [-0.1, -0.05) is 16.8 Å². The summed E-state index contributed by atoms with van der Waals surface area (Å²) >= 11 is 5.86. The van der Waals surface area contributed by atoms with Gasteiger partial charge in [-0.25, -0.2) is 4.39 Å². The Balaban J connectivity index is 1.62. The van der Waals surface area contributed by atoms with Crippen molar-refractivity contribution in [3.05, 3.63) is 40.9 Å². The van der Waals surface area contributed by atoms with Crippen LogP contribution in [0.4, 0.5) is 15.9 Å². The van der Waals surface area contributed by atoms with E-state index in [1.165, 1.54) is 17.0 Å². The number of benzene rings is 1. The zero-order valence-electron chi connectivity index (χ0n) is 17.5. The molecule has 1 aromatic carbocycles. The minimum Gasteiger partial charge on any atom is -0.376 e. The van der Waals surface area contributed by atoms with Crippen LogP contribution in [0.1, 0.15) is 31.4 Å². The molecule has 1 saturated heterocycles. The molecular weight excluding hydrogens is 443 g/mol. The standard InChI is InChI=1S/C21H24ClFN4O5/c1-13-9-18(26-32-13)25-19(28)6-7-21(30)27(14-4-5-17(23)16(22)10-14)12-20(29)24-11-15-3-2-8-31-15/h4-5,9-10,15H,2-3,6-8,11-12H2,1H3,(H,24,29)(H,25,26,28)/t15-/m1/s1. The summed E-state index contributed by atoms with van der Waals surface area (Å²) in [5, 5.41) is 8.75. The molecule has 11 heteroatoms. The molecule has 32 heavy (non-hydrogen) atoms. The van der Waals surface area contributed by atoms with Gasteiger partial charge in [0.05, 0.1) is 11.1 Å². The molecule has 172 valence electrons. The average molecular weight is 467 g/mol. The van der Waals surface area contributed by atoms with Crippen molar-refractivity contribution >= 4 is 40.8 Å². The van der Waals surface area contributed by atoms with Gasteiger partial charge in [0.15, 0.2) is 5.82 Å². The summed E-state index contributed by atoms with van der Waals surface area (Å²) in [6.07, 6.45) is 1.42. The van der Waals surface area contributed by atoms with Gasteiger partial charge < -0.3 is 24.8 Å². The SMILES string of the molecule is Cc1cc(NC(=O)CCC(=O)N(CC(=O)NC[C@H]2CCCO2)c2ccc(F)c(Cl)c2)no1. The first-order valence-corrected chi connectivity index (χ1v) is 10.6. The average Bonchev–Trinajstić information content (AvgIpc) is 3.42. The fourth-order valence-corrected chi connectivity index (χ4v) is 3.37. The molecule has 2 N–H and O–H groups in total. The maximum absolute atomic E-state index is 13.6. The minimum atomic E-state index is -0.645. The summed E-state index contributed by atoms with van der Waals surface area (Å²) in [7, 11) is 0. The minimum absolute atomic E-state index is 0.0489. The Kier molecular flexibility index (Phi) is 8.18. The van der Waals surface area contributed by atoms with Crippen molar-refractivity contribution in [2.45, 2.75) is 38.7 Å². The smallest absolute Gasteiger partial charge is 0.240 e. The highest BCUT2D eigenvalue weighted by Gasteiger charge is 2.23. The van der Waals surface area contributed by atoms with E-state index in [1.807, 2.05) is 0 Å². The summed E-state index contributed by atoms with van der Waals surface area (Å²) in [6.45, 7) is 2.37. The lowest BCUT2D eigenvalue weighted by atomic mass is 10.2. The van der Waals surface area contributed by atoms with Crippen LogP contribution in [-0.4, -0.2) is 48.7 Å². The normalized spacial score (nSPS) is 15.4. The molecule has 1 aliphatic heterocycles. The molecule has 9 nitrogen and oxygen atoms in total. The Hall–Kier alpha value is -2.98. The van der Waals surface area contributed by atoms with E-state index in [9.17, 15) is 18.8 Å². The molecule has 2 heterocycles. The number of hydrogen-bond acceptors (Lipinski definition) is 6. The number of amides is 3. The highest BCUT2D eigenvalue weighted by Crippen LogP contribution is 2.23. The highest BCUT2D eigenvalue weighted by molar-refractivity contribution is 6.31. The van der Waals surface area contributed by atoms with Crippen LogP contribution in [0.2, 0.25) is 5.02 Å². The quantitative estimate of drug-likeness (QED) is 0.587. The lowest BCUT2D eigenvalue weighted by Gasteiger charge is -2.23. The molecule has 3 amide bonds. The second-order valence-corrected chi connectivity index (χ2v) is 7.80. The lowest BCUT2D eigenvalue weighted by Crippen LogP contribution is -2.43. The molecule has 3 rings (SSSR count). The summed E-state index contributed by atoms with van der Waals surface area (Å²) in [4.78, 5) is 38.6. The first kappa shape index (κ1) is 23.7. The number of carbonyl (C=O) groups excluding carboxylic acids is 3. The van der Waals surface area contributed by atoms with Crippen molar-refractivity contribution in [1.82, 2.24) is 10.5 Å². The van der Waals surface area contributed by atoms with Crippen LogP contribution >= 0.6 is 11.6 Å². The van der Waals surface area contributed by atoms with E-state index < -0.39 is 23.5 Å². The predicted octanol–water partition coefficient (Wildman–Crippen LogP) is 2.82. The molecule has 1 atom stereocenters. The monoisotopic (exact) mass is 466 g/mol. The number of halogens is 2. The van der Waals surface area contributed by atoms with E-state index in [0.29, 0.717) is 18.9 Å². The summed E-state index contributed by atoms with van der Waals surface area (Å²) in [5.74, 6) is -1.21. The molecule has 0 saturated carbocycles. The fraction of sp³-hybridized carbons (Fsp3) is 0.429. The number of carbonyl (C=O) groups is 3. The van der Waals surface area contributed by atoms with Crippen LogP contribution in [0.3, 0.4) is 0 Å². The van der Waals surface area contributed by atoms with Gasteiger partial charge in [-0.05, 0) is 38.0 Å². The topological polar surface area (TPSA) is 114 Å². The van der Waals surface area contributed by atoms with Gasteiger partial charge in [-0.3, -0.25) is 14.4 Å². The molecule has 0 unspecified atom stereocenters. The second kappa shape index (κ2) is 11.1. The van der Waals surface area contributed by atoms with Crippen molar-refractivity contribution in [1.29, 1.82) is 0 Å². The van der Waals surface area contributed by atoms with Crippen molar-refractivity contribution in [3.63, 3.8) is 0 Å². The zero-order valence-corrected chi connectivity index (χ0v) is 18.3. The van der Waals surface area contributed by atoms with E-state index in [2.05, 4.69) is 15.8 Å². The number of rotatable bonds is 9. The third kappa shape index (κ3) is 6.76.